The van der Waals surface area contributed by atoms with Crippen molar-refractivity contribution in [2.24, 2.45) is 0 Å². The summed E-state index contributed by atoms with van der Waals surface area (Å²) in [5, 5.41) is 2.85. The second kappa shape index (κ2) is 6.14. The standard InChI is InChI=1S/C16H18N2O/c1-12-5-3-7-14(11-12)8-9-15(19)18-16-13(2)6-4-10-17-16/h3-7,10-11H,8-9H2,1-2H3,(H,17,18,19). The quantitative estimate of drug-likeness (QED) is 0.909. The Morgan fingerprint density at radius 2 is 2.05 bits per heavy atom. The van der Waals surface area contributed by atoms with Gasteiger partial charge in [-0.2, -0.15) is 0 Å². The zero-order valence-electron chi connectivity index (χ0n) is 11.3. The molecule has 1 amide bonds. The Kier molecular flexibility index (Phi) is 4.29. The van der Waals surface area contributed by atoms with Crippen molar-refractivity contribution in [2.45, 2.75) is 26.7 Å². The van der Waals surface area contributed by atoms with Crippen LogP contribution in [0.15, 0.2) is 42.6 Å². The lowest BCUT2D eigenvalue weighted by Crippen LogP contribution is -2.14. The largest absolute Gasteiger partial charge is 0.310 e. The van der Waals surface area contributed by atoms with Gasteiger partial charge in [-0.3, -0.25) is 4.79 Å². The molecule has 0 radical (unpaired) electrons. The maximum Gasteiger partial charge on any atom is 0.225 e. The molecule has 0 atom stereocenters. The molecule has 1 N–H and O–H groups in total. The number of aromatic nitrogens is 1. The number of rotatable bonds is 4. The van der Waals surface area contributed by atoms with E-state index in [-0.39, 0.29) is 5.91 Å². The van der Waals surface area contributed by atoms with Gasteiger partial charge in [0.2, 0.25) is 5.91 Å². The fourth-order valence-corrected chi connectivity index (χ4v) is 1.94. The van der Waals surface area contributed by atoms with Crippen molar-refractivity contribution in [1.29, 1.82) is 0 Å². The fraction of sp³-hybridized carbons (Fsp3) is 0.250. The molecule has 0 unspecified atom stereocenters. The van der Waals surface area contributed by atoms with E-state index in [1.165, 1.54) is 11.1 Å². The molecule has 3 heteroatoms. The van der Waals surface area contributed by atoms with E-state index in [4.69, 9.17) is 0 Å². The van der Waals surface area contributed by atoms with Crippen LogP contribution in [0.25, 0.3) is 0 Å². The lowest BCUT2D eigenvalue weighted by molar-refractivity contribution is -0.116. The van der Waals surface area contributed by atoms with Gasteiger partial charge >= 0.3 is 0 Å². The number of benzene rings is 1. The highest BCUT2D eigenvalue weighted by atomic mass is 16.1. The van der Waals surface area contributed by atoms with E-state index in [1.54, 1.807) is 6.20 Å². The van der Waals surface area contributed by atoms with Crippen molar-refractivity contribution in [2.75, 3.05) is 5.32 Å². The molecule has 0 fully saturated rings. The van der Waals surface area contributed by atoms with Gasteiger partial charge in [-0.25, -0.2) is 4.98 Å². The highest BCUT2D eigenvalue weighted by Crippen LogP contribution is 2.11. The molecule has 0 bridgehead atoms. The average Bonchev–Trinajstić information content (AvgIpc) is 2.39. The van der Waals surface area contributed by atoms with Gasteiger partial charge < -0.3 is 5.32 Å². The molecule has 0 aliphatic carbocycles. The van der Waals surface area contributed by atoms with Gasteiger partial charge in [0.25, 0.3) is 0 Å². The molecule has 0 saturated carbocycles. The smallest absolute Gasteiger partial charge is 0.225 e. The lowest BCUT2D eigenvalue weighted by atomic mass is 10.1. The molecule has 2 aromatic rings. The molecule has 0 saturated heterocycles. The number of aryl methyl sites for hydroxylation is 3. The molecule has 0 aliphatic rings. The van der Waals surface area contributed by atoms with Gasteiger partial charge in [-0.05, 0) is 37.5 Å². The third-order valence-corrected chi connectivity index (χ3v) is 2.99. The van der Waals surface area contributed by atoms with Gasteiger partial charge in [-0.1, -0.05) is 35.9 Å². The summed E-state index contributed by atoms with van der Waals surface area (Å²) < 4.78 is 0. The van der Waals surface area contributed by atoms with Gasteiger partial charge in [0.05, 0.1) is 0 Å². The van der Waals surface area contributed by atoms with E-state index in [2.05, 4.69) is 29.4 Å². The van der Waals surface area contributed by atoms with E-state index in [9.17, 15) is 4.79 Å². The molecule has 98 valence electrons. The number of hydrogen-bond acceptors (Lipinski definition) is 2. The summed E-state index contributed by atoms with van der Waals surface area (Å²) in [5.74, 6) is 0.653. The summed E-state index contributed by atoms with van der Waals surface area (Å²) in [6.45, 7) is 3.99. The lowest BCUT2D eigenvalue weighted by Gasteiger charge is -2.07. The molecule has 1 heterocycles. The fourth-order valence-electron chi connectivity index (χ4n) is 1.94. The molecule has 3 nitrogen and oxygen atoms in total. The van der Waals surface area contributed by atoms with Crippen LogP contribution in [-0.4, -0.2) is 10.9 Å². The number of nitrogens with zero attached hydrogens (tertiary/aromatic N) is 1. The Morgan fingerprint density at radius 3 is 2.79 bits per heavy atom. The average molecular weight is 254 g/mol. The minimum atomic E-state index is 0.00306. The van der Waals surface area contributed by atoms with Crippen molar-refractivity contribution in [1.82, 2.24) is 4.98 Å². The Bertz CT molecular complexity index is 578. The number of hydrogen-bond donors (Lipinski definition) is 1. The molecule has 19 heavy (non-hydrogen) atoms. The molecule has 0 aliphatic heterocycles. The predicted molar refractivity (Wildman–Crippen MR) is 77.1 cm³/mol. The number of carbonyl (C=O) groups excluding carboxylic acids is 1. The minimum absolute atomic E-state index is 0.00306. The third kappa shape index (κ3) is 3.91. The second-order valence-corrected chi connectivity index (χ2v) is 4.71. The van der Waals surface area contributed by atoms with E-state index in [0.29, 0.717) is 12.2 Å². The number of carbonyl (C=O) groups is 1. The van der Waals surface area contributed by atoms with Gasteiger partial charge in [0.15, 0.2) is 0 Å². The second-order valence-electron chi connectivity index (χ2n) is 4.71. The zero-order valence-corrected chi connectivity index (χ0v) is 11.3. The van der Waals surface area contributed by atoms with Crippen LogP contribution in [0.3, 0.4) is 0 Å². The molecular weight excluding hydrogens is 236 g/mol. The third-order valence-electron chi connectivity index (χ3n) is 2.99. The monoisotopic (exact) mass is 254 g/mol. The SMILES string of the molecule is Cc1cccc(CCC(=O)Nc2ncccc2C)c1. The summed E-state index contributed by atoms with van der Waals surface area (Å²) in [6.07, 6.45) is 2.90. The summed E-state index contributed by atoms with van der Waals surface area (Å²) in [7, 11) is 0. The van der Waals surface area contributed by atoms with E-state index >= 15 is 0 Å². The summed E-state index contributed by atoms with van der Waals surface area (Å²) in [5.41, 5.74) is 3.39. The minimum Gasteiger partial charge on any atom is -0.310 e. The normalized spacial score (nSPS) is 10.2. The molecular formula is C16H18N2O. The number of pyridine rings is 1. The first-order chi connectivity index (χ1) is 9.15. The van der Waals surface area contributed by atoms with E-state index in [1.807, 2.05) is 31.2 Å². The Hall–Kier alpha value is -2.16. The summed E-state index contributed by atoms with van der Waals surface area (Å²) in [4.78, 5) is 16.0. The van der Waals surface area contributed by atoms with Crippen LogP contribution < -0.4 is 5.32 Å². The van der Waals surface area contributed by atoms with Crippen LogP contribution in [-0.2, 0) is 11.2 Å². The highest BCUT2D eigenvalue weighted by Gasteiger charge is 2.05. The summed E-state index contributed by atoms with van der Waals surface area (Å²) in [6, 6.07) is 12.0. The van der Waals surface area contributed by atoms with Gasteiger partial charge in [0.1, 0.15) is 5.82 Å². The van der Waals surface area contributed by atoms with Crippen molar-refractivity contribution in [3.63, 3.8) is 0 Å². The van der Waals surface area contributed by atoms with Crippen molar-refractivity contribution < 1.29 is 4.79 Å². The number of amides is 1. The molecule has 0 spiro atoms. The topological polar surface area (TPSA) is 42.0 Å². The first-order valence-electron chi connectivity index (χ1n) is 6.42. The van der Waals surface area contributed by atoms with E-state index in [0.717, 1.165) is 12.0 Å². The van der Waals surface area contributed by atoms with Crippen LogP contribution in [0.4, 0.5) is 5.82 Å². The molecule has 1 aromatic carbocycles. The van der Waals surface area contributed by atoms with Crippen molar-refractivity contribution >= 4 is 11.7 Å². The predicted octanol–water partition coefficient (Wildman–Crippen LogP) is 3.27. The Morgan fingerprint density at radius 1 is 1.21 bits per heavy atom. The van der Waals surface area contributed by atoms with E-state index < -0.39 is 0 Å². The molecule has 2 rings (SSSR count). The van der Waals surface area contributed by atoms with Gasteiger partial charge in [-0.15, -0.1) is 0 Å². The number of nitrogens with one attached hydrogen (secondary N) is 1. The van der Waals surface area contributed by atoms with Gasteiger partial charge in [0, 0.05) is 12.6 Å². The Labute approximate surface area is 113 Å². The first-order valence-corrected chi connectivity index (χ1v) is 6.42. The van der Waals surface area contributed by atoms with Crippen molar-refractivity contribution in [3.8, 4) is 0 Å². The first kappa shape index (κ1) is 13.3. The van der Waals surface area contributed by atoms with Crippen LogP contribution in [0.1, 0.15) is 23.1 Å². The number of anilines is 1. The van der Waals surface area contributed by atoms with Crippen LogP contribution in [0.5, 0.6) is 0 Å². The maximum atomic E-state index is 11.9. The zero-order chi connectivity index (χ0) is 13.7. The van der Waals surface area contributed by atoms with Crippen LogP contribution >= 0.6 is 0 Å². The van der Waals surface area contributed by atoms with Crippen molar-refractivity contribution in [3.05, 3.63) is 59.3 Å². The molecule has 1 aromatic heterocycles. The maximum absolute atomic E-state index is 11.9. The Balaban J connectivity index is 1.90. The van der Waals surface area contributed by atoms with Crippen LogP contribution in [0, 0.1) is 13.8 Å². The summed E-state index contributed by atoms with van der Waals surface area (Å²) >= 11 is 0. The van der Waals surface area contributed by atoms with Crippen LogP contribution in [0.2, 0.25) is 0 Å². The highest BCUT2D eigenvalue weighted by molar-refractivity contribution is 5.90.